The third-order valence-corrected chi connectivity index (χ3v) is 3.56. The maximum absolute atomic E-state index is 13.4. The van der Waals surface area contributed by atoms with Crippen LogP contribution in [0, 0.1) is 12.7 Å². The van der Waals surface area contributed by atoms with Crippen molar-refractivity contribution in [1.29, 1.82) is 0 Å². The van der Waals surface area contributed by atoms with Gasteiger partial charge < -0.3 is 11.1 Å². The van der Waals surface area contributed by atoms with E-state index in [9.17, 15) is 4.39 Å². The second kappa shape index (κ2) is 6.87. The number of nitrogens with one attached hydrogen (secondary N) is 1. The first kappa shape index (κ1) is 15.7. The molecule has 0 aliphatic carbocycles. The molecule has 0 aliphatic rings. The summed E-state index contributed by atoms with van der Waals surface area (Å²) in [4.78, 5) is 4.20. The molecule has 2 aromatic rings. The zero-order chi connectivity index (χ0) is 15.4. The van der Waals surface area contributed by atoms with Gasteiger partial charge in [0.15, 0.2) is 0 Å². The molecular formula is C16H19ClFN3. The fourth-order valence-electron chi connectivity index (χ4n) is 2.22. The van der Waals surface area contributed by atoms with Crippen LogP contribution >= 0.6 is 11.6 Å². The minimum atomic E-state index is -0.426. The molecule has 0 spiro atoms. The molecule has 3 nitrogen and oxygen atoms in total. The third-order valence-electron chi connectivity index (χ3n) is 3.27. The van der Waals surface area contributed by atoms with Gasteiger partial charge in [-0.15, -0.1) is 0 Å². The van der Waals surface area contributed by atoms with E-state index in [-0.39, 0.29) is 11.1 Å². The number of aromatic nitrogens is 1. The Kier molecular flexibility index (Phi) is 5.15. The lowest BCUT2D eigenvalue weighted by molar-refractivity contribution is 0.593. The lowest BCUT2D eigenvalue weighted by Crippen LogP contribution is -2.24. The predicted molar refractivity (Wildman–Crippen MR) is 84.9 cm³/mol. The lowest BCUT2D eigenvalue weighted by Gasteiger charge is -2.21. The van der Waals surface area contributed by atoms with E-state index in [1.54, 1.807) is 18.3 Å². The fraction of sp³-hybridized carbons (Fsp3) is 0.312. The van der Waals surface area contributed by atoms with E-state index >= 15 is 0 Å². The first-order valence-corrected chi connectivity index (χ1v) is 7.31. The van der Waals surface area contributed by atoms with Gasteiger partial charge >= 0.3 is 0 Å². The van der Waals surface area contributed by atoms with Gasteiger partial charge in [-0.25, -0.2) is 9.37 Å². The molecule has 0 radical (unpaired) electrons. The van der Waals surface area contributed by atoms with Crippen LogP contribution in [0.1, 0.15) is 36.1 Å². The van der Waals surface area contributed by atoms with Crippen LogP contribution in [-0.2, 0) is 0 Å². The number of nitrogen functional groups attached to an aromatic ring is 1. The van der Waals surface area contributed by atoms with Crippen LogP contribution in [0.25, 0.3) is 0 Å². The molecule has 1 heterocycles. The number of benzene rings is 1. The quantitative estimate of drug-likeness (QED) is 0.882. The van der Waals surface area contributed by atoms with Gasteiger partial charge in [-0.2, -0.15) is 0 Å². The smallest absolute Gasteiger partial charge is 0.141 e. The number of anilines is 1. The minimum Gasteiger partial charge on any atom is -0.383 e. The summed E-state index contributed by atoms with van der Waals surface area (Å²) < 4.78 is 13.4. The molecule has 3 N–H and O–H groups in total. The molecule has 1 aromatic carbocycles. The molecule has 5 heteroatoms. The Hall–Kier alpha value is -1.65. The van der Waals surface area contributed by atoms with Crippen LogP contribution in [0.15, 0.2) is 30.5 Å². The Labute approximate surface area is 129 Å². The highest BCUT2D eigenvalue weighted by atomic mass is 35.5. The zero-order valence-electron chi connectivity index (χ0n) is 12.2. The molecule has 0 saturated heterocycles. The molecule has 21 heavy (non-hydrogen) atoms. The van der Waals surface area contributed by atoms with Crippen LogP contribution in [0.2, 0.25) is 5.02 Å². The maximum atomic E-state index is 13.4. The number of hydrogen-bond donors (Lipinski definition) is 2. The monoisotopic (exact) mass is 307 g/mol. The van der Waals surface area contributed by atoms with Crippen LogP contribution < -0.4 is 11.1 Å². The highest BCUT2D eigenvalue weighted by molar-refractivity contribution is 6.30. The van der Waals surface area contributed by atoms with Gasteiger partial charge in [0.1, 0.15) is 11.6 Å². The van der Waals surface area contributed by atoms with E-state index < -0.39 is 5.82 Å². The molecule has 0 bridgehead atoms. The number of nitrogens with zero attached hydrogens (tertiary/aromatic N) is 1. The third kappa shape index (κ3) is 3.71. The summed E-state index contributed by atoms with van der Waals surface area (Å²) in [5, 5.41) is 3.52. The van der Waals surface area contributed by atoms with Crippen molar-refractivity contribution in [2.24, 2.45) is 0 Å². The van der Waals surface area contributed by atoms with Crippen molar-refractivity contribution in [3.8, 4) is 0 Å². The Balaban J connectivity index is 2.46. The minimum absolute atomic E-state index is 0.106. The Morgan fingerprint density at radius 2 is 2.14 bits per heavy atom. The Morgan fingerprint density at radius 1 is 1.38 bits per heavy atom. The molecule has 2 rings (SSSR count). The number of hydrogen-bond acceptors (Lipinski definition) is 3. The molecule has 1 atom stereocenters. The molecule has 0 saturated carbocycles. The summed E-state index contributed by atoms with van der Waals surface area (Å²) >= 11 is 5.90. The molecule has 112 valence electrons. The second-order valence-electron chi connectivity index (χ2n) is 5.05. The maximum Gasteiger partial charge on any atom is 0.141 e. The summed E-state index contributed by atoms with van der Waals surface area (Å²) in [7, 11) is 0. The second-order valence-corrected chi connectivity index (χ2v) is 5.46. The van der Waals surface area contributed by atoms with Crippen LogP contribution in [-0.4, -0.2) is 11.5 Å². The largest absolute Gasteiger partial charge is 0.383 e. The standard InChI is InChI=1S/C16H19ClFN3/c1-3-6-20-15(11-4-5-14(18)13(17)8-11)12-7-10(2)9-21-16(12)19/h4-5,7-9,15,20H,3,6H2,1-2H3,(H2,19,21). The normalized spacial score (nSPS) is 12.4. The van der Waals surface area contributed by atoms with Crippen molar-refractivity contribution in [1.82, 2.24) is 10.3 Å². The van der Waals surface area contributed by atoms with Gasteiger partial charge in [-0.3, -0.25) is 0 Å². The number of aryl methyl sites for hydroxylation is 1. The van der Waals surface area contributed by atoms with E-state index in [1.165, 1.54) is 6.07 Å². The van der Waals surface area contributed by atoms with Crippen molar-refractivity contribution < 1.29 is 4.39 Å². The van der Waals surface area contributed by atoms with Crippen molar-refractivity contribution in [2.75, 3.05) is 12.3 Å². The fourth-order valence-corrected chi connectivity index (χ4v) is 2.41. The highest BCUT2D eigenvalue weighted by Crippen LogP contribution is 2.29. The van der Waals surface area contributed by atoms with Gasteiger partial charge in [-0.05, 0) is 49.2 Å². The average molecular weight is 308 g/mol. The predicted octanol–water partition coefficient (Wildman–Crippen LogP) is 3.85. The highest BCUT2D eigenvalue weighted by Gasteiger charge is 2.18. The van der Waals surface area contributed by atoms with Crippen molar-refractivity contribution in [3.05, 3.63) is 58.0 Å². The van der Waals surface area contributed by atoms with Gasteiger partial charge in [0, 0.05) is 11.8 Å². The number of halogens is 2. The van der Waals surface area contributed by atoms with E-state index in [0.717, 1.165) is 29.7 Å². The van der Waals surface area contributed by atoms with Crippen LogP contribution in [0.3, 0.4) is 0 Å². The van der Waals surface area contributed by atoms with Crippen molar-refractivity contribution in [3.63, 3.8) is 0 Å². The Bertz CT molecular complexity index is 631. The lowest BCUT2D eigenvalue weighted by atomic mass is 9.98. The first-order valence-electron chi connectivity index (χ1n) is 6.93. The number of nitrogens with two attached hydrogens (primary N) is 1. The molecule has 0 amide bonds. The Morgan fingerprint density at radius 3 is 2.81 bits per heavy atom. The molecular weight excluding hydrogens is 289 g/mol. The summed E-state index contributed by atoms with van der Waals surface area (Å²) in [5.41, 5.74) is 8.78. The number of pyridine rings is 1. The van der Waals surface area contributed by atoms with Gasteiger partial charge in [0.2, 0.25) is 0 Å². The van der Waals surface area contributed by atoms with E-state index in [0.29, 0.717) is 5.82 Å². The zero-order valence-corrected chi connectivity index (χ0v) is 12.9. The molecule has 0 fully saturated rings. The van der Waals surface area contributed by atoms with E-state index in [4.69, 9.17) is 17.3 Å². The topological polar surface area (TPSA) is 50.9 Å². The van der Waals surface area contributed by atoms with Gasteiger partial charge in [0.05, 0.1) is 11.1 Å². The summed E-state index contributed by atoms with van der Waals surface area (Å²) in [6.07, 6.45) is 2.71. The average Bonchev–Trinajstić information content (AvgIpc) is 2.46. The van der Waals surface area contributed by atoms with Crippen LogP contribution in [0.5, 0.6) is 0 Å². The SMILES string of the molecule is CCCNC(c1ccc(F)c(Cl)c1)c1cc(C)cnc1N. The summed E-state index contributed by atoms with van der Waals surface area (Å²) in [6.45, 7) is 4.86. The molecule has 1 aromatic heterocycles. The van der Waals surface area contributed by atoms with Crippen LogP contribution in [0.4, 0.5) is 10.2 Å². The van der Waals surface area contributed by atoms with Crippen molar-refractivity contribution in [2.45, 2.75) is 26.3 Å². The summed E-state index contributed by atoms with van der Waals surface area (Å²) in [6, 6.07) is 6.56. The van der Waals surface area contributed by atoms with E-state index in [1.807, 2.05) is 13.0 Å². The van der Waals surface area contributed by atoms with Crippen molar-refractivity contribution >= 4 is 17.4 Å². The van der Waals surface area contributed by atoms with Gasteiger partial charge in [0.25, 0.3) is 0 Å². The van der Waals surface area contributed by atoms with E-state index in [2.05, 4.69) is 17.2 Å². The molecule has 0 aliphatic heterocycles. The molecule has 1 unspecified atom stereocenters. The number of rotatable bonds is 5. The summed E-state index contributed by atoms with van der Waals surface area (Å²) in [5.74, 6) is 0.0413. The van der Waals surface area contributed by atoms with Gasteiger partial charge in [-0.1, -0.05) is 24.6 Å². The first-order chi connectivity index (χ1) is 10.0.